The summed E-state index contributed by atoms with van der Waals surface area (Å²) in [7, 11) is 2.34. The first-order chi connectivity index (χ1) is 10.2. The van der Waals surface area contributed by atoms with Crippen LogP contribution in [0.3, 0.4) is 0 Å². The van der Waals surface area contributed by atoms with Gasteiger partial charge in [0, 0.05) is 0 Å². The van der Waals surface area contributed by atoms with E-state index in [4.69, 9.17) is 0 Å². The van der Waals surface area contributed by atoms with E-state index in [-0.39, 0.29) is 12.4 Å². The molecule has 0 saturated carbocycles. The van der Waals surface area contributed by atoms with Crippen LogP contribution < -0.4 is 12.4 Å². The molecule has 22 heavy (non-hydrogen) atoms. The molecule has 0 aliphatic rings. The molecule has 0 aliphatic heterocycles. The van der Waals surface area contributed by atoms with Crippen LogP contribution in [-0.4, -0.2) is 42.9 Å². The number of rotatable bonds is 16. The Hall–Kier alpha value is 0.210. The first kappa shape index (κ1) is 24.5. The van der Waals surface area contributed by atoms with Gasteiger partial charge in [-0.3, -0.25) is 0 Å². The minimum Gasteiger partial charge on any atom is -1.00 e. The number of aliphatic hydroxyl groups excluding tert-OH is 1. The monoisotopic (exact) mass is 335 g/mol. The fourth-order valence-corrected chi connectivity index (χ4v) is 3.12. The highest BCUT2D eigenvalue weighted by Gasteiger charge is 2.19. The molecule has 0 heterocycles. The van der Waals surface area contributed by atoms with Gasteiger partial charge in [0.05, 0.1) is 26.7 Å². The second kappa shape index (κ2) is 17.6. The van der Waals surface area contributed by atoms with Gasteiger partial charge in [0.1, 0.15) is 6.54 Å². The van der Waals surface area contributed by atoms with Crippen molar-refractivity contribution in [1.82, 2.24) is 0 Å². The third-order valence-electron chi connectivity index (χ3n) is 4.74. The maximum absolute atomic E-state index is 9.33. The summed E-state index contributed by atoms with van der Waals surface area (Å²) in [5.74, 6) is 0. The van der Waals surface area contributed by atoms with Crippen LogP contribution in [0.25, 0.3) is 0 Å². The van der Waals surface area contributed by atoms with Gasteiger partial charge in [-0.1, -0.05) is 65.2 Å². The molecule has 0 rings (SSSR count). The van der Waals surface area contributed by atoms with Crippen LogP contribution in [0.2, 0.25) is 0 Å². The number of quaternary nitrogens is 1. The number of nitrogens with zero attached hydrogens (tertiary/aromatic N) is 1. The lowest BCUT2D eigenvalue weighted by atomic mass is 10.1. The van der Waals surface area contributed by atoms with E-state index in [1.807, 2.05) is 0 Å². The van der Waals surface area contributed by atoms with Crippen LogP contribution in [0.15, 0.2) is 0 Å². The summed E-state index contributed by atoms with van der Waals surface area (Å²) in [6, 6.07) is 0. The first-order valence-electron chi connectivity index (χ1n) is 9.63. The third-order valence-corrected chi connectivity index (χ3v) is 4.74. The minimum atomic E-state index is 0. The predicted octanol–water partition coefficient (Wildman–Crippen LogP) is 2.15. The average molecular weight is 336 g/mol. The van der Waals surface area contributed by atoms with Crippen molar-refractivity contribution in [2.24, 2.45) is 0 Å². The Balaban J connectivity index is 0. The number of hydrogen-bond acceptors (Lipinski definition) is 1. The lowest BCUT2D eigenvalue weighted by Gasteiger charge is -2.34. The molecule has 0 fully saturated rings. The molecule has 0 aliphatic carbocycles. The molecule has 0 aromatic carbocycles. The number of unbranched alkanes of at least 4 members (excludes halogenated alkanes) is 10. The van der Waals surface area contributed by atoms with Crippen molar-refractivity contribution in [2.75, 3.05) is 33.3 Å². The number of likely N-dealkylation sites (N-methyl/N-ethyl adjacent to an activating group) is 1. The quantitative estimate of drug-likeness (QED) is 0.338. The summed E-state index contributed by atoms with van der Waals surface area (Å²) in [6.07, 6.45) is 16.4. The SMILES string of the molecule is CCCCCCCC[N+](C)(CCO)CCCCCCCC.[Cl-]. The van der Waals surface area contributed by atoms with Crippen molar-refractivity contribution in [3.63, 3.8) is 0 Å². The van der Waals surface area contributed by atoms with E-state index in [9.17, 15) is 5.11 Å². The summed E-state index contributed by atoms with van der Waals surface area (Å²) in [4.78, 5) is 0. The van der Waals surface area contributed by atoms with Crippen LogP contribution in [0, 0.1) is 0 Å². The normalized spacial score (nSPS) is 11.5. The molecule has 2 nitrogen and oxygen atoms in total. The molecule has 0 aromatic rings. The molecule has 3 heteroatoms. The minimum absolute atomic E-state index is 0. The van der Waals surface area contributed by atoms with Gasteiger partial charge >= 0.3 is 0 Å². The molecule has 0 unspecified atom stereocenters. The summed E-state index contributed by atoms with van der Waals surface area (Å²) >= 11 is 0. The molecule has 0 spiro atoms. The highest BCUT2D eigenvalue weighted by molar-refractivity contribution is 4.48. The molecule has 0 radical (unpaired) electrons. The van der Waals surface area contributed by atoms with Crippen LogP contribution in [0.1, 0.15) is 90.9 Å². The van der Waals surface area contributed by atoms with E-state index in [0.29, 0.717) is 6.61 Å². The zero-order valence-corrected chi connectivity index (χ0v) is 16.3. The smallest absolute Gasteiger partial charge is 0.102 e. The van der Waals surface area contributed by atoms with Crippen molar-refractivity contribution in [3.8, 4) is 0 Å². The van der Waals surface area contributed by atoms with Gasteiger partial charge < -0.3 is 22.0 Å². The molecule has 0 aromatic heterocycles. The lowest BCUT2D eigenvalue weighted by Crippen LogP contribution is -3.00. The molecule has 1 N–H and O–H groups in total. The highest BCUT2D eigenvalue weighted by Crippen LogP contribution is 2.13. The van der Waals surface area contributed by atoms with E-state index in [0.717, 1.165) is 11.0 Å². The molecule has 0 atom stereocenters. The van der Waals surface area contributed by atoms with Crippen molar-refractivity contribution in [2.45, 2.75) is 90.9 Å². The fraction of sp³-hybridized carbons (Fsp3) is 1.00. The Morgan fingerprint density at radius 3 is 1.32 bits per heavy atom. The van der Waals surface area contributed by atoms with E-state index in [2.05, 4.69) is 20.9 Å². The number of hydrogen-bond donors (Lipinski definition) is 1. The van der Waals surface area contributed by atoms with Crippen LogP contribution in [0.4, 0.5) is 0 Å². The highest BCUT2D eigenvalue weighted by atomic mass is 35.5. The third kappa shape index (κ3) is 15.1. The van der Waals surface area contributed by atoms with E-state index < -0.39 is 0 Å². The topological polar surface area (TPSA) is 20.2 Å². The summed E-state index contributed by atoms with van der Waals surface area (Å²) in [5, 5.41) is 9.33. The van der Waals surface area contributed by atoms with Crippen LogP contribution >= 0.6 is 0 Å². The predicted molar refractivity (Wildman–Crippen MR) is 94.6 cm³/mol. The van der Waals surface area contributed by atoms with Gasteiger partial charge in [0.25, 0.3) is 0 Å². The van der Waals surface area contributed by atoms with Crippen LogP contribution in [0.5, 0.6) is 0 Å². The van der Waals surface area contributed by atoms with Crippen molar-refractivity contribution < 1.29 is 22.0 Å². The lowest BCUT2D eigenvalue weighted by molar-refractivity contribution is -0.910. The zero-order valence-electron chi connectivity index (χ0n) is 15.6. The molecular formula is C19H42ClNO. The maximum Gasteiger partial charge on any atom is 0.102 e. The standard InChI is InChI=1S/C19H42NO.ClH/c1-4-6-8-10-12-14-16-20(3,18-19-21)17-15-13-11-9-7-5-2;/h21H,4-19H2,1-3H3;1H/q+1;/p-1. The fourth-order valence-electron chi connectivity index (χ4n) is 3.12. The van der Waals surface area contributed by atoms with E-state index >= 15 is 0 Å². The van der Waals surface area contributed by atoms with Gasteiger partial charge in [-0.15, -0.1) is 0 Å². The van der Waals surface area contributed by atoms with Gasteiger partial charge in [-0.25, -0.2) is 0 Å². The van der Waals surface area contributed by atoms with Gasteiger partial charge in [-0.05, 0) is 25.7 Å². The Bertz CT molecular complexity index is 196. The summed E-state index contributed by atoms with van der Waals surface area (Å²) in [5.41, 5.74) is 0. The summed E-state index contributed by atoms with van der Waals surface area (Å²) in [6.45, 7) is 8.32. The van der Waals surface area contributed by atoms with Crippen LogP contribution in [-0.2, 0) is 0 Å². The maximum atomic E-state index is 9.33. The second-order valence-electron chi connectivity index (χ2n) is 7.05. The zero-order chi connectivity index (χ0) is 15.8. The summed E-state index contributed by atoms with van der Waals surface area (Å²) < 4.78 is 1.08. The molecule has 0 amide bonds. The second-order valence-corrected chi connectivity index (χ2v) is 7.05. The molecule has 0 bridgehead atoms. The van der Waals surface area contributed by atoms with Crippen molar-refractivity contribution in [3.05, 3.63) is 0 Å². The van der Waals surface area contributed by atoms with Gasteiger partial charge in [-0.2, -0.15) is 0 Å². The van der Waals surface area contributed by atoms with Crippen molar-refractivity contribution >= 4 is 0 Å². The Labute approximate surface area is 146 Å². The van der Waals surface area contributed by atoms with Crippen molar-refractivity contribution in [1.29, 1.82) is 0 Å². The number of aliphatic hydroxyl groups is 1. The van der Waals surface area contributed by atoms with Gasteiger partial charge in [0.15, 0.2) is 0 Å². The van der Waals surface area contributed by atoms with Gasteiger partial charge in [0.2, 0.25) is 0 Å². The largest absolute Gasteiger partial charge is 1.00 e. The Kier molecular flexibility index (Phi) is 19.5. The molecular weight excluding hydrogens is 294 g/mol. The first-order valence-corrected chi connectivity index (χ1v) is 9.63. The van der Waals surface area contributed by atoms with E-state index in [1.54, 1.807) is 0 Å². The Morgan fingerprint density at radius 1 is 0.591 bits per heavy atom. The molecule has 0 saturated heterocycles. The van der Waals surface area contributed by atoms with E-state index in [1.165, 1.54) is 90.1 Å². The number of halogens is 1. The molecule has 136 valence electrons. The Morgan fingerprint density at radius 2 is 0.955 bits per heavy atom. The average Bonchev–Trinajstić information content (AvgIpc) is 2.47.